The summed E-state index contributed by atoms with van der Waals surface area (Å²) >= 11 is 6.10. The first-order valence-electron chi connectivity index (χ1n) is 11.4. The van der Waals surface area contributed by atoms with E-state index in [4.69, 9.17) is 32.2 Å². The molecule has 0 amide bonds. The van der Waals surface area contributed by atoms with E-state index in [1.807, 2.05) is 66.7 Å². The van der Waals surface area contributed by atoms with Crippen molar-refractivity contribution in [2.45, 2.75) is 6.10 Å². The fourth-order valence-corrected chi connectivity index (χ4v) is 3.89. The summed E-state index contributed by atoms with van der Waals surface area (Å²) < 4.78 is 16.8. The van der Waals surface area contributed by atoms with E-state index in [1.165, 1.54) is 13.2 Å². The number of carboxylic acids is 1. The number of rotatable bonds is 10. The van der Waals surface area contributed by atoms with Gasteiger partial charge in [-0.25, -0.2) is 9.78 Å². The monoisotopic (exact) mass is 513 g/mol. The molecule has 0 radical (unpaired) electrons. The van der Waals surface area contributed by atoms with Gasteiger partial charge in [0.1, 0.15) is 36.4 Å². The van der Waals surface area contributed by atoms with Crippen LogP contribution in [0.15, 0.2) is 72.8 Å². The Labute approximate surface area is 220 Å². The number of hydrogen-bond donors (Lipinski definition) is 1. The molecular weight excluding hydrogens is 490 g/mol. The zero-order valence-electron chi connectivity index (χ0n) is 20.1. The quantitative estimate of drug-likeness (QED) is 0.243. The molecule has 0 spiro atoms. The lowest BCUT2D eigenvalue weighted by Gasteiger charge is -2.19. The van der Waals surface area contributed by atoms with Gasteiger partial charge in [-0.2, -0.15) is 0 Å². The van der Waals surface area contributed by atoms with E-state index in [9.17, 15) is 9.90 Å². The molecule has 0 saturated heterocycles. The molecule has 1 heterocycles. The summed E-state index contributed by atoms with van der Waals surface area (Å²) in [5, 5.41) is 11.2. The molecule has 0 bridgehead atoms. The van der Waals surface area contributed by atoms with E-state index in [0.717, 1.165) is 27.7 Å². The molecule has 1 N–H and O–H groups in total. The van der Waals surface area contributed by atoms with Gasteiger partial charge in [0, 0.05) is 10.4 Å². The first-order valence-corrected chi connectivity index (χ1v) is 11.8. The maximum Gasteiger partial charge on any atom is 0.339 e. The Morgan fingerprint density at radius 2 is 1.95 bits per heavy atom. The zero-order chi connectivity index (χ0) is 26.2. The molecule has 3 aromatic carbocycles. The molecule has 0 aliphatic carbocycles. The molecule has 37 heavy (non-hydrogen) atoms. The molecule has 0 saturated carbocycles. The third-order valence-electron chi connectivity index (χ3n) is 5.58. The van der Waals surface area contributed by atoms with Gasteiger partial charge in [0.05, 0.1) is 18.3 Å². The Kier molecular flexibility index (Phi) is 8.42. The summed E-state index contributed by atoms with van der Waals surface area (Å²) in [4.78, 5) is 16.3. The Hall–Kier alpha value is -4.31. The highest BCUT2D eigenvalue weighted by Crippen LogP contribution is 2.27. The van der Waals surface area contributed by atoms with Gasteiger partial charge in [-0.3, -0.25) is 0 Å². The molecule has 7 heteroatoms. The lowest BCUT2D eigenvalue weighted by Crippen LogP contribution is -2.16. The Bertz CT molecular complexity index is 1490. The number of carboxylic acid groups (broad SMARTS) is 1. The van der Waals surface area contributed by atoms with Crippen molar-refractivity contribution in [1.29, 1.82) is 0 Å². The second kappa shape index (κ2) is 12.1. The number of benzene rings is 3. The lowest BCUT2D eigenvalue weighted by molar-refractivity contribution is 0.0375. The summed E-state index contributed by atoms with van der Waals surface area (Å²) in [5.41, 5.74) is 3.37. The van der Waals surface area contributed by atoms with Gasteiger partial charge in [0.25, 0.3) is 0 Å². The van der Waals surface area contributed by atoms with E-state index in [0.29, 0.717) is 10.8 Å². The van der Waals surface area contributed by atoms with Gasteiger partial charge >= 0.3 is 5.97 Å². The van der Waals surface area contributed by atoms with E-state index < -0.39 is 12.1 Å². The van der Waals surface area contributed by atoms with Crippen LogP contribution in [0.4, 0.5) is 0 Å². The van der Waals surface area contributed by atoms with Crippen molar-refractivity contribution in [3.8, 4) is 23.8 Å². The fraction of sp³-hybridized carbons (Fsp3) is 0.133. The number of nitrogens with zero attached hydrogens (tertiary/aromatic N) is 1. The minimum Gasteiger partial charge on any atom is -0.497 e. The zero-order valence-corrected chi connectivity index (χ0v) is 20.8. The van der Waals surface area contributed by atoms with Crippen LogP contribution in [0.1, 0.15) is 33.3 Å². The molecular formula is C30H24ClNO5. The highest BCUT2D eigenvalue weighted by atomic mass is 35.5. The van der Waals surface area contributed by atoms with Gasteiger partial charge in [-0.15, -0.1) is 6.42 Å². The van der Waals surface area contributed by atoms with E-state index >= 15 is 0 Å². The average molecular weight is 514 g/mol. The van der Waals surface area contributed by atoms with Crippen LogP contribution in [0.5, 0.6) is 11.5 Å². The number of aromatic nitrogens is 1. The van der Waals surface area contributed by atoms with Gasteiger partial charge in [0.15, 0.2) is 0 Å². The normalized spacial score (nSPS) is 11.8. The standard InChI is InChI=1S/C30H24ClNO5/c1-3-15-36-29(19-37-28-14-13-25(35-2)18-26(28)30(33)34)22-6-4-5-20(16-22)7-11-24-12-9-21-8-10-23(31)17-27(21)32-24/h1,4-14,16-18,29H,15,19H2,2H3,(H,33,34)/b11-7+/t29-/m0/s1. The number of fused-ring (bicyclic) bond motifs is 1. The number of methoxy groups -OCH3 is 1. The summed E-state index contributed by atoms with van der Waals surface area (Å²) in [6, 6.07) is 21.9. The van der Waals surface area contributed by atoms with Crippen LogP contribution in [0.25, 0.3) is 23.1 Å². The second-order valence-electron chi connectivity index (χ2n) is 8.06. The molecule has 0 aliphatic rings. The van der Waals surface area contributed by atoms with Crippen molar-refractivity contribution >= 4 is 40.6 Å². The SMILES string of the molecule is C#CCO[C@@H](COc1ccc(OC)cc1C(=O)O)c1cccc(/C=C/c2ccc3ccc(Cl)cc3n2)c1. The van der Waals surface area contributed by atoms with Crippen LogP contribution in [0, 0.1) is 12.3 Å². The molecule has 0 fully saturated rings. The van der Waals surface area contributed by atoms with E-state index in [-0.39, 0.29) is 24.5 Å². The van der Waals surface area contributed by atoms with Crippen LogP contribution in [0.3, 0.4) is 0 Å². The molecule has 4 aromatic rings. The Morgan fingerprint density at radius 3 is 2.73 bits per heavy atom. The van der Waals surface area contributed by atoms with Crippen molar-refractivity contribution in [2.75, 3.05) is 20.3 Å². The number of hydrogen-bond acceptors (Lipinski definition) is 5. The number of pyridine rings is 1. The van der Waals surface area contributed by atoms with Gasteiger partial charge < -0.3 is 19.3 Å². The molecule has 186 valence electrons. The first kappa shape index (κ1) is 25.8. The highest BCUT2D eigenvalue weighted by molar-refractivity contribution is 6.31. The number of halogens is 1. The fourth-order valence-electron chi connectivity index (χ4n) is 3.73. The molecule has 1 aromatic heterocycles. The number of aromatic carboxylic acids is 1. The van der Waals surface area contributed by atoms with Crippen LogP contribution in [-0.4, -0.2) is 36.4 Å². The minimum absolute atomic E-state index is 0.00379. The van der Waals surface area contributed by atoms with Crippen LogP contribution in [-0.2, 0) is 4.74 Å². The summed E-state index contributed by atoms with van der Waals surface area (Å²) in [6.45, 7) is 0.139. The maximum absolute atomic E-state index is 11.7. The van der Waals surface area contributed by atoms with E-state index in [2.05, 4.69) is 10.9 Å². The topological polar surface area (TPSA) is 77.9 Å². The van der Waals surface area contributed by atoms with E-state index in [1.54, 1.807) is 12.1 Å². The van der Waals surface area contributed by atoms with Gasteiger partial charge in [-0.05, 0) is 59.7 Å². The average Bonchev–Trinajstić information content (AvgIpc) is 2.91. The smallest absolute Gasteiger partial charge is 0.339 e. The molecule has 4 rings (SSSR count). The molecule has 6 nitrogen and oxygen atoms in total. The molecule has 0 unspecified atom stereocenters. The molecule has 0 aliphatic heterocycles. The minimum atomic E-state index is -1.12. The third kappa shape index (κ3) is 6.68. The largest absolute Gasteiger partial charge is 0.497 e. The predicted octanol–water partition coefficient (Wildman–Crippen LogP) is 6.54. The van der Waals surface area contributed by atoms with Crippen molar-refractivity contribution in [3.05, 3.63) is 100 Å². The van der Waals surface area contributed by atoms with Crippen molar-refractivity contribution in [2.24, 2.45) is 0 Å². The van der Waals surface area contributed by atoms with Crippen LogP contribution in [0.2, 0.25) is 5.02 Å². The van der Waals surface area contributed by atoms with Crippen molar-refractivity contribution < 1.29 is 24.1 Å². The lowest BCUT2D eigenvalue weighted by atomic mass is 10.1. The summed E-state index contributed by atoms with van der Waals surface area (Å²) in [5.74, 6) is 1.99. The second-order valence-corrected chi connectivity index (χ2v) is 8.50. The number of ether oxygens (including phenoxy) is 3. The van der Waals surface area contributed by atoms with Gasteiger partial charge in [0.2, 0.25) is 0 Å². The summed E-state index contributed by atoms with van der Waals surface area (Å²) in [7, 11) is 1.47. The predicted molar refractivity (Wildman–Crippen MR) is 145 cm³/mol. The third-order valence-corrected chi connectivity index (χ3v) is 5.81. The number of carbonyl (C=O) groups is 1. The highest BCUT2D eigenvalue weighted by Gasteiger charge is 2.17. The molecule has 1 atom stereocenters. The van der Waals surface area contributed by atoms with Crippen LogP contribution >= 0.6 is 11.6 Å². The van der Waals surface area contributed by atoms with Crippen molar-refractivity contribution in [1.82, 2.24) is 4.98 Å². The van der Waals surface area contributed by atoms with Crippen LogP contribution < -0.4 is 9.47 Å². The first-order chi connectivity index (χ1) is 18.0. The summed E-state index contributed by atoms with van der Waals surface area (Å²) in [6.07, 6.45) is 8.77. The Morgan fingerprint density at radius 1 is 1.11 bits per heavy atom. The number of terminal acetylenes is 1. The van der Waals surface area contributed by atoms with Gasteiger partial charge in [-0.1, -0.05) is 53.9 Å². The van der Waals surface area contributed by atoms with Crippen molar-refractivity contribution in [3.63, 3.8) is 0 Å². The maximum atomic E-state index is 11.7. The Balaban J connectivity index is 1.54.